The van der Waals surface area contributed by atoms with Gasteiger partial charge in [-0.1, -0.05) is 46.2 Å². The highest BCUT2D eigenvalue weighted by Crippen LogP contribution is 2.50. The Kier molecular flexibility index (Phi) is 6.16. The van der Waals surface area contributed by atoms with Crippen molar-refractivity contribution in [2.75, 3.05) is 13.4 Å². The number of halogens is 2. The summed E-state index contributed by atoms with van der Waals surface area (Å²) in [5.41, 5.74) is 3.70. The Labute approximate surface area is 211 Å². The molecule has 0 aromatic heterocycles. The highest BCUT2D eigenvalue weighted by Gasteiger charge is 2.46. The van der Waals surface area contributed by atoms with Gasteiger partial charge in [0.05, 0.1) is 6.61 Å². The van der Waals surface area contributed by atoms with E-state index in [9.17, 15) is 9.59 Å². The number of benzene rings is 2. The maximum absolute atomic E-state index is 13.7. The van der Waals surface area contributed by atoms with Crippen LogP contribution in [0.3, 0.4) is 0 Å². The van der Waals surface area contributed by atoms with Crippen molar-refractivity contribution in [3.63, 3.8) is 0 Å². The Morgan fingerprint density at radius 2 is 1.91 bits per heavy atom. The highest BCUT2D eigenvalue weighted by atomic mass is 79.9. The van der Waals surface area contributed by atoms with Gasteiger partial charge in [0.1, 0.15) is 5.92 Å². The first-order valence-corrected chi connectivity index (χ1v) is 12.3. The van der Waals surface area contributed by atoms with Gasteiger partial charge in [0.25, 0.3) is 0 Å². The lowest BCUT2D eigenvalue weighted by molar-refractivity contribution is -0.147. The smallest absolute Gasteiger partial charge is 0.315 e. The molecule has 5 rings (SSSR count). The molecule has 2 aliphatic heterocycles. The summed E-state index contributed by atoms with van der Waals surface area (Å²) in [5, 5.41) is 3.94. The highest BCUT2D eigenvalue weighted by molar-refractivity contribution is 9.10. The first-order chi connectivity index (χ1) is 16.4. The van der Waals surface area contributed by atoms with Crippen LogP contribution >= 0.6 is 27.5 Å². The largest absolute Gasteiger partial charge is 0.465 e. The van der Waals surface area contributed by atoms with Gasteiger partial charge in [-0.15, -0.1) is 0 Å². The van der Waals surface area contributed by atoms with E-state index in [1.165, 1.54) is 0 Å². The Balaban J connectivity index is 1.62. The van der Waals surface area contributed by atoms with E-state index in [4.69, 9.17) is 25.8 Å². The fraction of sp³-hybridized carbons (Fsp3) is 0.308. The fourth-order valence-electron chi connectivity index (χ4n) is 5.04. The third kappa shape index (κ3) is 4.01. The van der Waals surface area contributed by atoms with Crippen molar-refractivity contribution >= 4 is 39.3 Å². The number of allylic oxidation sites excluding steroid dienone is 2. The molecule has 1 N–H and O–H groups in total. The van der Waals surface area contributed by atoms with Crippen molar-refractivity contribution in [2.45, 2.75) is 31.6 Å². The predicted molar refractivity (Wildman–Crippen MR) is 131 cm³/mol. The molecule has 0 saturated heterocycles. The summed E-state index contributed by atoms with van der Waals surface area (Å²) in [6.07, 6.45) is 0.957. The van der Waals surface area contributed by atoms with Crippen LogP contribution in [0.1, 0.15) is 42.7 Å². The molecule has 2 aromatic carbocycles. The maximum atomic E-state index is 13.7. The molecule has 176 valence electrons. The Hall–Kier alpha value is -2.77. The molecule has 6 nitrogen and oxygen atoms in total. The van der Waals surface area contributed by atoms with Gasteiger partial charge in [-0.05, 0) is 54.7 Å². The van der Waals surface area contributed by atoms with Gasteiger partial charge in [0, 0.05) is 38.8 Å². The molecule has 0 radical (unpaired) electrons. The van der Waals surface area contributed by atoms with Crippen LogP contribution in [0.2, 0.25) is 5.02 Å². The Morgan fingerprint density at radius 3 is 2.62 bits per heavy atom. The number of carbonyl (C=O) groups is 2. The average molecular weight is 545 g/mol. The molecule has 3 aliphatic rings. The summed E-state index contributed by atoms with van der Waals surface area (Å²) in [6.45, 7) is 6.27. The van der Waals surface area contributed by atoms with Crippen LogP contribution in [0.4, 0.5) is 0 Å². The number of esters is 1. The molecule has 0 bridgehead atoms. The predicted octanol–water partition coefficient (Wildman–Crippen LogP) is 5.61. The molecule has 1 aliphatic carbocycles. The van der Waals surface area contributed by atoms with Crippen molar-refractivity contribution in [1.29, 1.82) is 0 Å². The molecule has 0 fully saturated rings. The minimum absolute atomic E-state index is 0.00352. The van der Waals surface area contributed by atoms with E-state index >= 15 is 0 Å². The van der Waals surface area contributed by atoms with Crippen LogP contribution < -0.4 is 14.8 Å². The second kappa shape index (κ2) is 9.12. The number of Topliss-reactive ketones (excluding diaryl/α,β-unsaturated/α-hetero) is 1. The Morgan fingerprint density at radius 1 is 1.21 bits per heavy atom. The van der Waals surface area contributed by atoms with E-state index in [-0.39, 0.29) is 25.1 Å². The standard InChI is InChI=1S/C26H23BrClNO5/c1-3-32-26(31)23-13(2)29-19-8-15(14-4-6-16(28)7-5-14)9-20(30)25(19)24(23)17-10-21-22(11-18(17)27)34-12-33-21/h4-7,10-11,15,23-24,29H,2-3,8-9,12H2,1H3. The lowest BCUT2D eigenvalue weighted by atomic mass is 9.69. The molecule has 3 unspecified atom stereocenters. The second-order valence-electron chi connectivity index (χ2n) is 8.56. The van der Waals surface area contributed by atoms with Gasteiger partial charge in [0.2, 0.25) is 6.79 Å². The van der Waals surface area contributed by atoms with E-state index < -0.39 is 17.8 Å². The number of hydrogen-bond donors (Lipinski definition) is 1. The number of carbonyl (C=O) groups excluding carboxylic acids is 2. The summed E-state index contributed by atoms with van der Waals surface area (Å²) in [4.78, 5) is 26.8. The van der Waals surface area contributed by atoms with E-state index in [2.05, 4.69) is 27.8 Å². The summed E-state index contributed by atoms with van der Waals surface area (Å²) in [6, 6.07) is 11.2. The van der Waals surface area contributed by atoms with Crippen LogP contribution in [-0.4, -0.2) is 25.2 Å². The van der Waals surface area contributed by atoms with Crippen molar-refractivity contribution in [3.05, 3.63) is 80.6 Å². The first kappa shape index (κ1) is 23.0. The molecule has 34 heavy (non-hydrogen) atoms. The lowest BCUT2D eigenvalue weighted by Gasteiger charge is -2.40. The van der Waals surface area contributed by atoms with Crippen molar-refractivity contribution in [3.8, 4) is 11.5 Å². The average Bonchev–Trinajstić information content (AvgIpc) is 3.25. The quantitative estimate of drug-likeness (QED) is 0.504. The summed E-state index contributed by atoms with van der Waals surface area (Å²) in [7, 11) is 0. The van der Waals surface area contributed by atoms with E-state index in [1.807, 2.05) is 36.4 Å². The van der Waals surface area contributed by atoms with Gasteiger partial charge in [-0.2, -0.15) is 0 Å². The van der Waals surface area contributed by atoms with Crippen molar-refractivity contribution < 1.29 is 23.8 Å². The summed E-state index contributed by atoms with van der Waals surface area (Å²) >= 11 is 9.68. The van der Waals surface area contributed by atoms with Crippen LogP contribution in [0.25, 0.3) is 0 Å². The number of ether oxygens (including phenoxy) is 3. The van der Waals surface area contributed by atoms with Crippen LogP contribution in [0.15, 0.2) is 64.4 Å². The first-order valence-electron chi connectivity index (χ1n) is 11.1. The maximum Gasteiger partial charge on any atom is 0.315 e. The third-order valence-electron chi connectivity index (χ3n) is 6.55. The van der Waals surface area contributed by atoms with Gasteiger partial charge in [0.15, 0.2) is 17.3 Å². The van der Waals surface area contributed by atoms with E-state index in [0.29, 0.717) is 40.6 Å². The van der Waals surface area contributed by atoms with E-state index in [0.717, 1.165) is 21.3 Å². The molecule has 0 saturated carbocycles. The number of nitrogens with one attached hydrogen (secondary N) is 1. The van der Waals surface area contributed by atoms with Gasteiger partial charge < -0.3 is 19.5 Å². The minimum Gasteiger partial charge on any atom is -0.465 e. The summed E-state index contributed by atoms with van der Waals surface area (Å²) < 4.78 is 17.2. The van der Waals surface area contributed by atoms with Crippen molar-refractivity contribution in [2.24, 2.45) is 5.92 Å². The minimum atomic E-state index is -0.758. The molecule has 0 amide bonds. The zero-order chi connectivity index (χ0) is 24.0. The van der Waals surface area contributed by atoms with Crippen LogP contribution in [0, 0.1) is 5.92 Å². The second-order valence-corrected chi connectivity index (χ2v) is 9.85. The molecule has 2 aromatic rings. The fourth-order valence-corrected chi connectivity index (χ4v) is 5.73. The lowest BCUT2D eigenvalue weighted by Crippen LogP contribution is -2.42. The molecule has 8 heteroatoms. The number of rotatable bonds is 4. The molecular formula is C26H23BrClNO5. The Bertz CT molecular complexity index is 1220. The SMILES string of the molecule is C=C1NC2=C(C(=O)CC(c3ccc(Cl)cc3)C2)C(c2cc3c(cc2Br)OCO3)C1C(=O)OCC. The third-order valence-corrected chi connectivity index (χ3v) is 7.49. The molecule has 3 atom stereocenters. The van der Waals surface area contributed by atoms with Crippen LogP contribution in [-0.2, 0) is 14.3 Å². The van der Waals surface area contributed by atoms with Gasteiger partial charge >= 0.3 is 5.97 Å². The van der Waals surface area contributed by atoms with Gasteiger partial charge in [-0.25, -0.2) is 0 Å². The number of hydrogen-bond acceptors (Lipinski definition) is 6. The van der Waals surface area contributed by atoms with Crippen LogP contribution in [0.5, 0.6) is 11.5 Å². The number of ketones is 1. The zero-order valence-corrected chi connectivity index (χ0v) is 20.9. The summed E-state index contributed by atoms with van der Waals surface area (Å²) in [5.74, 6) is -0.559. The molecule has 0 spiro atoms. The molecular weight excluding hydrogens is 522 g/mol. The zero-order valence-electron chi connectivity index (χ0n) is 18.5. The van der Waals surface area contributed by atoms with E-state index in [1.54, 1.807) is 6.92 Å². The van der Waals surface area contributed by atoms with Gasteiger partial charge in [-0.3, -0.25) is 9.59 Å². The topological polar surface area (TPSA) is 73.9 Å². The number of fused-ring (bicyclic) bond motifs is 1. The van der Waals surface area contributed by atoms with Crippen molar-refractivity contribution in [1.82, 2.24) is 5.32 Å². The molecule has 2 heterocycles. The monoisotopic (exact) mass is 543 g/mol. The normalized spacial score (nSPS) is 23.4.